The second-order valence-electron chi connectivity index (χ2n) is 5.45. The van der Waals surface area contributed by atoms with Gasteiger partial charge in [-0.15, -0.1) is 0 Å². The number of rotatable bonds is 6. The summed E-state index contributed by atoms with van der Waals surface area (Å²) >= 11 is 0. The summed E-state index contributed by atoms with van der Waals surface area (Å²) in [5.41, 5.74) is 1.66. The summed E-state index contributed by atoms with van der Waals surface area (Å²) in [6, 6.07) is 8.33. The van der Waals surface area contributed by atoms with E-state index >= 15 is 0 Å². The molecule has 2 rings (SSSR count). The Balaban J connectivity index is 1.89. The zero-order valence-corrected chi connectivity index (χ0v) is 12.8. The summed E-state index contributed by atoms with van der Waals surface area (Å²) in [4.78, 5) is 11.8. The van der Waals surface area contributed by atoms with Gasteiger partial charge in [-0.1, -0.05) is 6.07 Å². The molecule has 5 nitrogen and oxygen atoms in total. The summed E-state index contributed by atoms with van der Waals surface area (Å²) < 4.78 is 5.47. The Bertz CT molecular complexity index is 459. The molecule has 1 fully saturated rings. The summed E-state index contributed by atoms with van der Waals surface area (Å²) in [5.74, 6) is -0.0313. The lowest BCUT2D eigenvalue weighted by atomic mass is 10.1. The minimum Gasteiger partial charge on any atom is -0.383 e. The van der Waals surface area contributed by atoms with Gasteiger partial charge in [-0.05, 0) is 38.5 Å². The summed E-state index contributed by atoms with van der Waals surface area (Å²) in [6.07, 6.45) is 0.991. The van der Waals surface area contributed by atoms with Crippen LogP contribution in [0.1, 0.15) is 30.6 Å². The molecule has 3 N–H and O–H groups in total. The van der Waals surface area contributed by atoms with E-state index < -0.39 is 0 Å². The Labute approximate surface area is 126 Å². The normalized spacial score (nSPS) is 19.8. The SMILES string of the molecule is CCNC(=O)c1cccc(NC(C)CC2COCCN2)c1. The van der Waals surface area contributed by atoms with Gasteiger partial charge in [0.1, 0.15) is 0 Å². The first-order valence-electron chi connectivity index (χ1n) is 7.65. The molecule has 0 saturated carbocycles. The summed E-state index contributed by atoms with van der Waals surface area (Å²) in [5, 5.41) is 9.72. The Hall–Kier alpha value is -1.59. The second kappa shape index (κ2) is 8.00. The topological polar surface area (TPSA) is 62.4 Å². The van der Waals surface area contributed by atoms with Crippen molar-refractivity contribution in [2.45, 2.75) is 32.4 Å². The molecule has 116 valence electrons. The Morgan fingerprint density at radius 1 is 1.52 bits per heavy atom. The van der Waals surface area contributed by atoms with Crippen LogP contribution in [0.3, 0.4) is 0 Å². The first kappa shape index (κ1) is 15.8. The number of carbonyl (C=O) groups excluding carboxylic acids is 1. The number of hydrogen-bond acceptors (Lipinski definition) is 4. The molecule has 0 radical (unpaired) electrons. The second-order valence-corrected chi connectivity index (χ2v) is 5.45. The number of anilines is 1. The van der Waals surface area contributed by atoms with Crippen LogP contribution in [0.25, 0.3) is 0 Å². The van der Waals surface area contributed by atoms with Crippen molar-refractivity contribution in [2.75, 3.05) is 31.6 Å². The zero-order chi connectivity index (χ0) is 15.1. The van der Waals surface area contributed by atoms with Gasteiger partial charge in [0.05, 0.1) is 13.2 Å². The maximum absolute atomic E-state index is 11.8. The Morgan fingerprint density at radius 3 is 3.10 bits per heavy atom. The van der Waals surface area contributed by atoms with E-state index in [1.165, 1.54) is 0 Å². The molecule has 0 aliphatic carbocycles. The predicted octanol–water partition coefficient (Wildman–Crippen LogP) is 1.62. The Morgan fingerprint density at radius 2 is 2.38 bits per heavy atom. The molecule has 2 unspecified atom stereocenters. The third kappa shape index (κ3) is 5.02. The monoisotopic (exact) mass is 291 g/mol. The molecule has 2 atom stereocenters. The number of hydrogen-bond donors (Lipinski definition) is 3. The van der Waals surface area contributed by atoms with Crippen molar-refractivity contribution in [3.05, 3.63) is 29.8 Å². The molecule has 21 heavy (non-hydrogen) atoms. The van der Waals surface area contributed by atoms with Gasteiger partial charge >= 0.3 is 0 Å². The fourth-order valence-corrected chi connectivity index (χ4v) is 2.55. The van der Waals surface area contributed by atoms with Crippen LogP contribution in [0.2, 0.25) is 0 Å². The number of amides is 1. The van der Waals surface area contributed by atoms with Crippen molar-refractivity contribution in [2.24, 2.45) is 0 Å². The lowest BCUT2D eigenvalue weighted by molar-refractivity contribution is 0.0731. The minimum atomic E-state index is -0.0313. The van der Waals surface area contributed by atoms with E-state index in [1.807, 2.05) is 31.2 Å². The van der Waals surface area contributed by atoms with Crippen LogP contribution in [-0.2, 0) is 4.74 Å². The van der Waals surface area contributed by atoms with E-state index in [4.69, 9.17) is 4.74 Å². The van der Waals surface area contributed by atoms with Crippen molar-refractivity contribution < 1.29 is 9.53 Å². The van der Waals surface area contributed by atoms with Crippen LogP contribution in [0.4, 0.5) is 5.69 Å². The van der Waals surface area contributed by atoms with Gasteiger partial charge in [-0.3, -0.25) is 4.79 Å². The molecule has 1 saturated heterocycles. The predicted molar refractivity (Wildman–Crippen MR) is 84.8 cm³/mol. The highest BCUT2D eigenvalue weighted by molar-refractivity contribution is 5.95. The fourth-order valence-electron chi connectivity index (χ4n) is 2.55. The molecule has 1 aliphatic heterocycles. The zero-order valence-electron chi connectivity index (χ0n) is 12.8. The van der Waals surface area contributed by atoms with E-state index in [0.29, 0.717) is 24.2 Å². The average molecular weight is 291 g/mol. The maximum atomic E-state index is 11.8. The summed E-state index contributed by atoms with van der Waals surface area (Å²) in [6.45, 7) is 7.19. The average Bonchev–Trinajstić information content (AvgIpc) is 2.48. The van der Waals surface area contributed by atoms with Gasteiger partial charge in [0.2, 0.25) is 0 Å². The van der Waals surface area contributed by atoms with Crippen molar-refractivity contribution in [1.29, 1.82) is 0 Å². The first-order chi connectivity index (χ1) is 10.2. The molecule has 0 spiro atoms. The molecule has 1 aromatic rings. The van der Waals surface area contributed by atoms with E-state index in [-0.39, 0.29) is 5.91 Å². The molecule has 1 aromatic carbocycles. The van der Waals surface area contributed by atoms with Crippen LogP contribution in [0.15, 0.2) is 24.3 Å². The lowest BCUT2D eigenvalue weighted by Gasteiger charge is -2.27. The number of ether oxygens (including phenoxy) is 1. The minimum absolute atomic E-state index is 0.0313. The molecular weight excluding hydrogens is 266 g/mol. The van der Waals surface area contributed by atoms with E-state index in [2.05, 4.69) is 22.9 Å². The molecule has 1 aliphatic rings. The first-order valence-corrected chi connectivity index (χ1v) is 7.65. The van der Waals surface area contributed by atoms with Gasteiger partial charge in [0, 0.05) is 36.4 Å². The maximum Gasteiger partial charge on any atom is 0.251 e. The molecule has 0 aromatic heterocycles. The number of carbonyl (C=O) groups is 1. The van der Waals surface area contributed by atoms with Gasteiger partial charge in [-0.2, -0.15) is 0 Å². The van der Waals surface area contributed by atoms with Gasteiger partial charge in [0.15, 0.2) is 0 Å². The number of benzene rings is 1. The van der Waals surface area contributed by atoms with Crippen molar-refractivity contribution >= 4 is 11.6 Å². The fraction of sp³-hybridized carbons (Fsp3) is 0.562. The molecule has 5 heteroatoms. The van der Waals surface area contributed by atoms with Crippen molar-refractivity contribution in [1.82, 2.24) is 10.6 Å². The van der Waals surface area contributed by atoms with Gasteiger partial charge in [0.25, 0.3) is 5.91 Å². The largest absolute Gasteiger partial charge is 0.383 e. The smallest absolute Gasteiger partial charge is 0.251 e. The third-order valence-electron chi connectivity index (χ3n) is 3.51. The molecule has 1 amide bonds. The van der Waals surface area contributed by atoms with E-state index in [9.17, 15) is 4.79 Å². The van der Waals surface area contributed by atoms with Crippen LogP contribution < -0.4 is 16.0 Å². The quantitative estimate of drug-likeness (QED) is 0.745. The lowest BCUT2D eigenvalue weighted by Crippen LogP contribution is -2.43. The van der Waals surface area contributed by atoms with Crippen molar-refractivity contribution in [3.63, 3.8) is 0 Å². The standard InChI is InChI=1S/C16H25N3O2/c1-3-17-16(20)13-5-4-6-14(10-13)19-12(2)9-15-11-21-8-7-18-15/h4-6,10,12,15,18-19H,3,7-9,11H2,1-2H3,(H,17,20). The highest BCUT2D eigenvalue weighted by atomic mass is 16.5. The molecule has 1 heterocycles. The molecule has 0 bridgehead atoms. The van der Waals surface area contributed by atoms with Crippen LogP contribution >= 0.6 is 0 Å². The van der Waals surface area contributed by atoms with Crippen molar-refractivity contribution in [3.8, 4) is 0 Å². The number of morpholine rings is 1. The highest BCUT2D eigenvalue weighted by Gasteiger charge is 2.16. The van der Waals surface area contributed by atoms with E-state index in [1.54, 1.807) is 0 Å². The van der Waals surface area contributed by atoms with Crippen LogP contribution in [-0.4, -0.2) is 44.3 Å². The Kier molecular flexibility index (Phi) is 6.02. The highest BCUT2D eigenvalue weighted by Crippen LogP contribution is 2.14. The van der Waals surface area contributed by atoms with Gasteiger partial charge in [-0.25, -0.2) is 0 Å². The molecular formula is C16H25N3O2. The van der Waals surface area contributed by atoms with Crippen LogP contribution in [0, 0.1) is 0 Å². The number of nitrogens with one attached hydrogen (secondary N) is 3. The van der Waals surface area contributed by atoms with E-state index in [0.717, 1.165) is 31.9 Å². The summed E-state index contributed by atoms with van der Waals surface area (Å²) in [7, 11) is 0. The van der Waals surface area contributed by atoms with Crippen LogP contribution in [0.5, 0.6) is 0 Å². The third-order valence-corrected chi connectivity index (χ3v) is 3.51. The van der Waals surface area contributed by atoms with Gasteiger partial charge < -0.3 is 20.7 Å².